The van der Waals surface area contributed by atoms with Gasteiger partial charge in [0, 0.05) is 51.8 Å². The summed E-state index contributed by atoms with van der Waals surface area (Å²) in [5, 5.41) is 6.85. The molecule has 1 saturated heterocycles. The van der Waals surface area contributed by atoms with Crippen LogP contribution in [0.15, 0.2) is 12.4 Å². The summed E-state index contributed by atoms with van der Waals surface area (Å²) >= 11 is 0. The molecule has 1 aromatic heterocycles. The molecule has 23 heavy (non-hydrogen) atoms. The average molecular weight is 319 g/mol. The lowest BCUT2D eigenvalue weighted by molar-refractivity contribution is -0.129. The summed E-state index contributed by atoms with van der Waals surface area (Å²) in [6.45, 7) is 1.38. The molecular weight excluding hydrogens is 294 g/mol. The number of aromatic nitrogens is 2. The summed E-state index contributed by atoms with van der Waals surface area (Å²) in [6.07, 6.45) is 8.66. The van der Waals surface area contributed by atoms with Crippen molar-refractivity contribution < 1.29 is 9.59 Å². The van der Waals surface area contributed by atoms with E-state index in [4.69, 9.17) is 0 Å². The number of hydrogen-bond acceptors (Lipinski definition) is 3. The zero-order chi connectivity index (χ0) is 16.4. The van der Waals surface area contributed by atoms with Gasteiger partial charge in [0.05, 0.1) is 11.9 Å². The van der Waals surface area contributed by atoms with Crippen molar-refractivity contribution in [1.29, 1.82) is 0 Å². The first-order chi connectivity index (χ1) is 11.0. The van der Waals surface area contributed by atoms with Crippen LogP contribution in [0.3, 0.4) is 0 Å². The highest BCUT2D eigenvalue weighted by Gasteiger charge is 2.36. The molecule has 1 saturated carbocycles. The molecule has 2 heterocycles. The summed E-state index contributed by atoms with van der Waals surface area (Å²) in [5.74, 6) is 0.482. The molecule has 0 radical (unpaired) electrons. The van der Waals surface area contributed by atoms with Gasteiger partial charge >= 0.3 is 6.03 Å². The van der Waals surface area contributed by atoms with E-state index in [9.17, 15) is 9.59 Å². The van der Waals surface area contributed by atoms with Gasteiger partial charge in [-0.25, -0.2) is 4.79 Å². The minimum atomic E-state index is -0.162. The Morgan fingerprint density at radius 3 is 2.83 bits per heavy atom. The third-order valence-electron chi connectivity index (χ3n) is 4.84. The molecule has 7 heteroatoms. The normalized spacial score (nSPS) is 21.9. The third kappa shape index (κ3) is 3.65. The predicted molar refractivity (Wildman–Crippen MR) is 86.9 cm³/mol. The smallest absolute Gasteiger partial charge is 0.321 e. The number of carbonyl (C=O) groups excluding carboxylic acids is 2. The lowest BCUT2D eigenvalue weighted by Crippen LogP contribution is -2.37. The van der Waals surface area contributed by atoms with E-state index in [-0.39, 0.29) is 17.9 Å². The minimum absolute atomic E-state index is 0.162. The van der Waals surface area contributed by atoms with E-state index < -0.39 is 0 Å². The van der Waals surface area contributed by atoms with Gasteiger partial charge < -0.3 is 15.1 Å². The number of nitrogens with zero attached hydrogens (tertiary/aromatic N) is 4. The van der Waals surface area contributed by atoms with Crippen LogP contribution in [0.1, 0.15) is 32.1 Å². The Labute approximate surface area is 136 Å². The monoisotopic (exact) mass is 319 g/mol. The number of likely N-dealkylation sites (tertiary alicyclic amines) is 1. The van der Waals surface area contributed by atoms with Crippen LogP contribution >= 0.6 is 0 Å². The van der Waals surface area contributed by atoms with Crippen LogP contribution in [0.4, 0.5) is 10.5 Å². The lowest BCUT2D eigenvalue weighted by atomic mass is 10.1. The van der Waals surface area contributed by atoms with E-state index >= 15 is 0 Å². The minimum Gasteiger partial charge on any atom is -0.339 e. The fourth-order valence-electron chi connectivity index (χ4n) is 3.67. The van der Waals surface area contributed by atoms with E-state index in [1.54, 1.807) is 36.1 Å². The first-order valence-corrected chi connectivity index (χ1v) is 8.33. The lowest BCUT2D eigenvalue weighted by Gasteiger charge is -2.25. The van der Waals surface area contributed by atoms with E-state index in [1.165, 1.54) is 12.8 Å². The van der Waals surface area contributed by atoms with Crippen molar-refractivity contribution in [2.75, 3.05) is 25.5 Å². The van der Waals surface area contributed by atoms with Gasteiger partial charge in [0.15, 0.2) is 0 Å². The van der Waals surface area contributed by atoms with Crippen molar-refractivity contribution in [2.24, 2.45) is 13.0 Å². The maximum atomic E-state index is 12.2. The topological polar surface area (TPSA) is 70.5 Å². The van der Waals surface area contributed by atoms with Gasteiger partial charge in [0.2, 0.25) is 5.91 Å². The van der Waals surface area contributed by atoms with Crippen LogP contribution in [-0.2, 0) is 11.8 Å². The van der Waals surface area contributed by atoms with Crippen LogP contribution < -0.4 is 5.32 Å². The molecule has 126 valence electrons. The highest BCUT2D eigenvalue weighted by molar-refractivity contribution is 5.89. The van der Waals surface area contributed by atoms with Gasteiger partial charge in [-0.05, 0) is 12.8 Å². The quantitative estimate of drug-likeness (QED) is 0.918. The van der Waals surface area contributed by atoms with E-state index in [2.05, 4.69) is 10.4 Å². The molecule has 1 atom stereocenters. The Hall–Kier alpha value is -2.05. The highest BCUT2D eigenvalue weighted by Crippen LogP contribution is 2.29. The highest BCUT2D eigenvalue weighted by atomic mass is 16.2. The standard InChI is InChI=1S/C16H25N5O2/c1-19(16(23)18-13-8-17-20(2)11-13)9-12-7-15(22)21(10-12)14-5-3-4-6-14/h8,11-12,14H,3-7,9-10H2,1-2H3,(H,18,23)/t12-/m1/s1. The summed E-state index contributed by atoms with van der Waals surface area (Å²) in [4.78, 5) is 28.1. The van der Waals surface area contributed by atoms with Crippen LogP contribution in [0.5, 0.6) is 0 Å². The number of aryl methyl sites for hydroxylation is 1. The molecule has 0 spiro atoms. The van der Waals surface area contributed by atoms with Crippen molar-refractivity contribution in [1.82, 2.24) is 19.6 Å². The molecule has 2 aliphatic rings. The number of nitrogens with one attached hydrogen (secondary N) is 1. The fraction of sp³-hybridized carbons (Fsp3) is 0.688. The number of amides is 3. The fourth-order valence-corrected chi connectivity index (χ4v) is 3.67. The summed E-state index contributed by atoms with van der Waals surface area (Å²) in [5.41, 5.74) is 0.680. The van der Waals surface area contributed by atoms with Crippen LogP contribution in [0.25, 0.3) is 0 Å². The molecule has 7 nitrogen and oxygen atoms in total. The molecular formula is C16H25N5O2. The second-order valence-corrected chi connectivity index (χ2v) is 6.77. The molecule has 0 bridgehead atoms. The Bertz CT molecular complexity index is 579. The summed E-state index contributed by atoms with van der Waals surface area (Å²) < 4.78 is 1.64. The number of carbonyl (C=O) groups is 2. The first kappa shape index (κ1) is 15.8. The molecule has 2 fully saturated rings. The Balaban J connectivity index is 1.50. The molecule has 3 rings (SSSR count). The molecule has 3 amide bonds. The molecule has 0 aromatic carbocycles. The summed E-state index contributed by atoms with van der Waals surface area (Å²) in [6, 6.07) is 0.270. The number of anilines is 1. The van der Waals surface area contributed by atoms with Gasteiger partial charge in [-0.3, -0.25) is 9.48 Å². The molecule has 0 unspecified atom stereocenters. The van der Waals surface area contributed by atoms with Gasteiger partial charge in [-0.1, -0.05) is 12.8 Å². The number of hydrogen-bond donors (Lipinski definition) is 1. The molecule has 1 aliphatic heterocycles. The van der Waals surface area contributed by atoms with Crippen molar-refractivity contribution in [3.8, 4) is 0 Å². The Morgan fingerprint density at radius 1 is 1.43 bits per heavy atom. The Kier molecular flexibility index (Phi) is 4.54. The zero-order valence-corrected chi connectivity index (χ0v) is 13.9. The third-order valence-corrected chi connectivity index (χ3v) is 4.84. The molecule has 1 aliphatic carbocycles. The largest absolute Gasteiger partial charge is 0.339 e. The van der Waals surface area contributed by atoms with Crippen LogP contribution in [-0.4, -0.2) is 57.7 Å². The number of rotatable bonds is 4. The van der Waals surface area contributed by atoms with Gasteiger partial charge in [-0.15, -0.1) is 0 Å². The molecule has 1 N–H and O–H groups in total. The number of urea groups is 1. The molecule has 1 aromatic rings. The average Bonchev–Trinajstić information content (AvgIpc) is 3.21. The van der Waals surface area contributed by atoms with Crippen LogP contribution in [0.2, 0.25) is 0 Å². The van der Waals surface area contributed by atoms with Gasteiger partial charge in [-0.2, -0.15) is 5.10 Å². The van der Waals surface area contributed by atoms with E-state index in [1.807, 2.05) is 4.90 Å². The predicted octanol–water partition coefficient (Wildman–Crippen LogP) is 1.67. The van der Waals surface area contributed by atoms with Crippen molar-refractivity contribution in [3.63, 3.8) is 0 Å². The van der Waals surface area contributed by atoms with E-state index in [0.717, 1.165) is 19.4 Å². The van der Waals surface area contributed by atoms with Crippen molar-refractivity contribution in [3.05, 3.63) is 12.4 Å². The maximum Gasteiger partial charge on any atom is 0.321 e. The van der Waals surface area contributed by atoms with Crippen molar-refractivity contribution in [2.45, 2.75) is 38.1 Å². The second-order valence-electron chi connectivity index (χ2n) is 6.77. The second kappa shape index (κ2) is 6.60. The zero-order valence-electron chi connectivity index (χ0n) is 13.9. The first-order valence-electron chi connectivity index (χ1n) is 8.33. The van der Waals surface area contributed by atoms with E-state index in [0.29, 0.717) is 24.7 Å². The van der Waals surface area contributed by atoms with Gasteiger partial charge in [0.1, 0.15) is 0 Å². The SMILES string of the molecule is CN(C[C@H]1CC(=O)N(C2CCCC2)C1)C(=O)Nc1cnn(C)c1. The maximum absolute atomic E-state index is 12.2. The van der Waals surface area contributed by atoms with Crippen molar-refractivity contribution >= 4 is 17.6 Å². The van der Waals surface area contributed by atoms with Gasteiger partial charge in [0.25, 0.3) is 0 Å². The Morgan fingerprint density at radius 2 is 2.17 bits per heavy atom. The summed E-state index contributed by atoms with van der Waals surface area (Å²) in [7, 11) is 3.58. The van der Waals surface area contributed by atoms with Crippen LogP contribution in [0, 0.1) is 5.92 Å².